The molecule has 11 nitrogen and oxygen atoms in total. The highest BCUT2D eigenvalue weighted by atomic mass is 32.2. The van der Waals surface area contributed by atoms with Crippen molar-refractivity contribution in [3.8, 4) is 0 Å². The minimum atomic E-state index is -3.45. The summed E-state index contributed by atoms with van der Waals surface area (Å²) < 4.78 is 29.4. The first kappa shape index (κ1) is 32.0. The Hall–Kier alpha value is -3.51. The van der Waals surface area contributed by atoms with Crippen molar-refractivity contribution in [1.82, 2.24) is 16.0 Å². The van der Waals surface area contributed by atoms with Crippen molar-refractivity contribution in [3.63, 3.8) is 0 Å². The Kier molecular flexibility index (Phi) is 11.2. The SMILES string of the molecule is CC[C@H](C)[C@@H](COC(Cc1cccc2ccccc12)C(=O)N[C@@H](CCS(C)(=O)=O)C(=O)O)NC(=O)[C@@H]1CCC(=O)N1. The molecule has 1 aliphatic rings. The number of nitrogens with one attached hydrogen (secondary N) is 3. The molecule has 0 aromatic heterocycles. The second kappa shape index (κ2) is 14.4. The lowest BCUT2D eigenvalue weighted by atomic mass is 9.98. The standard InChI is InChI=1S/C29H39N3O8S/c1-4-18(2)24(32-27(34)22-12-13-26(33)30-22)17-40-25(16-20-10-7-9-19-8-5-6-11-21(19)20)28(35)31-23(29(36)37)14-15-41(3,38)39/h5-11,18,22-25H,4,12-17H2,1-3H3,(H,30,33)(H,31,35)(H,32,34)(H,36,37)/t18-,22-,23-,24+,25?/m0/s1. The molecule has 0 bridgehead atoms. The normalized spacial score (nSPS) is 18.2. The van der Waals surface area contributed by atoms with Crippen LogP contribution in [0.2, 0.25) is 0 Å². The summed E-state index contributed by atoms with van der Waals surface area (Å²) >= 11 is 0. The van der Waals surface area contributed by atoms with Gasteiger partial charge < -0.3 is 25.8 Å². The first-order chi connectivity index (χ1) is 19.4. The number of sulfone groups is 1. The topological polar surface area (TPSA) is 168 Å². The van der Waals surface area contributed by atoms with Gasteiger partial charge in [0.25, 0.3) is 0 Å². The molecule has 1 fully saturated rings. The Morgan fingerprint density at radius 1 is 1.12 bits per heavy atom. The van der Waals surface area contributed by atoms with E-state index in [-0.39, 0.29) is 43.6 Å². The number of fused-ring (bicyclic) bond motifs is 1. The van der Waals surface area contributed by atoms with Crippen LogP contribution < -0.4 is 16.0 Å². The number of benzene rings is 2. The van der Waals surface area contributed by atoms with E-state index in [9.17, 15) is 32.7 Å². The van der Waals surface area contributed by atoms with Crippen molar-refractivity contribution >= 4 is 44.3 Å². The van der Waals surface area contributed by atoms with Gasteiger partial charge >= 0.3 is 5.97 Å². The van der Waals surface area contributed by atoms with Gasteiger partial charge in [0.2, 0.25) is 17.7 Å². The summed E-state index contributed by atoms with van der Waals surface area (Å²) in [4.78, 5) is 49.7. The van der Waals surface area contributed by atoms with Crippen LogP contribution in [-0.4, -0.2) is 80.1 Å². The first-order valence-corrected chi connectivity index (χ1v) is 15.8. The number of aliphatic carboxylic acids is 1. The van der Waals surface area contributed by atoms with Crippen LogP contribution in [0.3, 0.4) is 0 Å². The first-order valence-electron chi connectivity index (χ1n) is 13.8. The van der Waals surface area contributed by atoms with Crippen LogP contribution in [0, 0.1) is 5.92 Å². The smallest absolute Gasteiger partial charge is 0.326 e. The monoisotopic (exact) mass is 589 g/mol. The molecule has 2 aromatic rings. The molecule has 5 atom stereocenters. The lowest BCUT2D eigenvalue weighted by Gasteiger charge is -2.28. The molecule has 2 aromatic carbocycles. The number of hydrogen-bond acceptors (Lipinski definition) is 7. The van der Waals surface area contributed by atoms with Crippen LogP contribution in [-0.2, 0) is 40.2 Å². The van der Waals surface area contributed by atoms with E-state index in [1.165, 1.54) is 0 Å². The Morgan fingerprint density at radius 3 is 2.46 bits per heavy atom. The molecule has 3 rings (SSSR count). The van der Waals surface area contributed by atoms with Gasteiger partial charge in [-0.2, -0.15) is 0 Å². The van der Waals surface area contributed by atoms with Gasteiger partial charge in [0.1, 0.15) is 28.0 Å². The molecule has 3 amide bonds. The van der Waals surface area contributed by atoms with Crippen LogP contribution in [0.5, 0.6) is 0 Å². The van der Waals surface area contributed by atoms with E-state index in [4.69, 9.17) is 4.74 Å². The van der Waals surface area contributed by atoms with Crippen molar-refractivity contribution in [2.24, 2.45) is 5.92 Å². The van der Waals surface area contributed by atoms with Crippen molar-refractivity contribution in [2.45, 2.75) is 70.2 Å². The van der Waals surface area contributed by atoms with E-state index in [2.05, 4.69) is 16.0 Å². The molecule has 0 spiro atoms. The molecular weight excluding hydrogens is 550 g/mol. The Balaban J connectivity index is 1.82. The van der Waals surface area contributed by atoms with Gasteiger partial charge in [0.05, 0.1) is 18.4 Å². The molecule has 1 unspecified atom stereocenters. The van der Waals surface area contributed by atoms with Gasteiger partial charge in [-0.15, -0.1) is 0 Å². The zero-order valence-corrected chi connectivity index (χ0v) is 24.4. The van der Waals surface area contributed by atoms with E-state index in [0.717, 1.165) is 22.6 Å². The molecule has 1 heterocycles. The van der Waals surface area contributed by atoms with Crippen LogP contribution >= 0.6 is 0 Å². The highest BCUT2D eigenvalue weighted by molar-refractivity contribution is 7.90. The zero-order valence-electron chi connectivity index (χ0n) is 23.6. The van der Waals surface area contributed by atoms with E-state index in [1.54, 1.807) is 0 Å². The molecule has 41 heavy (non-hydrogen) atoms. The maximum absolute atomic E-state index is 13.5. The van der Waals surface area contributed by atoms with Gasteiger partial charge in [-0.3, -0.25) is 14.4 Å². The fraction of sp³-hybridized carbons (Fsp3) is 0.517. The predicted octanol–water partition coefficient (Wildman–Crippen LogP) is 1.58. The lowest BCUT2D eigenvalue weighted by Crippen LogP contribution is -2.51. The molecule has 224 valence electrons. The molecule has 0 radical (unpaired) electrons. The molecule has 4 N–H and O–H groups in total. The number of amides is 3. The maximum Gasteiger partial charge on any atom is 0.326 e. The second-order valence-corrected chi connectivity index (χ2v) is 12.9. The quantitative estimate of drug-likeness (QED) is 0.243. The lowest BCUT2D eigenvalue weighted by molar-refractivity contribution is -0.144. The number of hydrogen-bond donors (Lipinski definition) is 4. The molecular formula is C29H39N3O8S. The van der Waals surface area contributed by atoms with Crippen LogP contribution in [0.1, 0.15) is 45.1 Å². The van der Waals surface area contributed by atoms with E-state index >= 15 is 0 Å². The Morgan fingerprint density at radius 2 is 1.83 bits per heavy atom. The average molecular weight is 590 g/mol. The van der Waals surface area contributed by atoms with Gasteiger partial charge in [-0.05, 0) is 35.1 Å². The molecule has 1 saturated heterocycles. The van der Waals surface area contributed by atoms with Gasteiger partial charge in [-0.1, -0.05) is 62.7 Å². The fourth-order valence-electron chi connectivity index (χ4n) is 4.70. The molecule has 0 saturated carbocycles. The molecule has 1 aliphatic heterocycles. The zero-order chi connectivity index (χ0) is 30.2. The largest absolute Gasteiger partial charge is 0.480 e. The van der Waals surface area contributed by atoms with Crippen LogP contribution in [0.4, 0.5) is 0 Å². The summed E-state index contributed by atoms with van der Waals surface area (Å²) in [5.41, 5.74) is 0.809. The maximum atomic E-state index is 13.5. The number of carboxylic acids is 1. The summed E-state index contributed by atoms with van der Waals surface area (Å²) in [6, 6.07) is 10.8. The summed E-state index contributed by atoms with van der Waals surface area (Å²) in [5.74, 6) is -2.99. The highest BCUT2D eigenvalue weighted by Gasteiger charge is 2.32. The van der Waals surface area contributed by atoms with Crippen molar-refractivity contribution in [1.29, 1.82) is 0 Å². The van der Waals surface area contributed by atoms with Crippen molar-refractivity contribution in [2.75, 3.05) is 18.6 Å². The van der Waals surface area contributed by atoms with Gasteiger partial charge in [0, 0.05) is 19.1 Å². The third-order valence-electron chi connectivity index (χ3n) is 7.42. The third-order valence-corrected chi connectivity index (χ3v) is 8.39. The average Bonchev–Trinajstić information content (AvgIpc) is 3.37. The summed E-state index contributed by atoms with van der Waals surface area (Å²) in [5, 5.41) is 19.6. The number of carbonyl (C=O) groups is 4. The van der Waals surface area contributed by atoms with Crippen LogP contribution in [0.15, 0.2) is 42.5 Å². The van der Waals surface area contributed by atoms with E-state index < -0.39 is 51.7 Å². The van der Waals surface area contributed by atoms with Crippen molar-refractivity contribution < 1.29 is 37.4 Å². The van der Waals surface area contributed by atoms with Gasteiger partial charge in [0.15, 0.2) is 0 Å². The summed E-state index contributed by atoms with van der Waals surface area (Å²) in [6.45, 7) is 3.86. The van der Waals surface area contributed by atoms with E-state index in [0.29, 0.717) is 12.8 Å². The molecule has 12 heteroatoms. The number of carboxylic acid groups (broad SMARTS) is 1. The predicted molar refractivity (Wildman–Crippen MR) is 154 cm³/mol. The molecule has 0 aliphatic carbocycles. The fourth-order valence-corrected chi connectivity index (χ4v) is 5.36. The Labute approximate surface area is 240 Å². The highest BCUT2D eigenvalue weighted by Crippen LogP contribution is 2.21. The minimum absolute atomic E-state index is 0.0288. The van der Waals surface area contributed by atoms with Crippen molar-refractivity contribution in [3.05, 3.63) is 48.0 Å². The number of ether oxygens (including phenoxy) is 1. The second-order valence-electron chi connectivity index (χ2n) is 10.6. The summed E-state index contributed by atoms with van der Waals surface area (Å²) in [6.07, 6.45) is 1.08. The number of carbonyl (C=O) groups excluding carboxylic acids is 3. The number of rotatable bonds is 15. The Bertz CT molecular complexity index is 1360. The van der Waals surface area contributed by atoms with E-state index in [1.807, 2.05) is 56.3 Å². The van der Waals surface area contributed by atoms with Gasteiger partial charge in [-0.25, -0.2) is 13.2 Å². The third kappa shape index (κ3) is 9.53. The van der Waals surface area contributed by atoms with Crippen LogP contribution in [0.25, 0.3) is 10.8 Å². The summed E-state index contributed by atoms with van der Waals surface area (Å²) in [7, 11) is -3.45. The minimum Gasteiger partial charge on any atom is -0.480 e.